The summed E-state index contributed by atoms with van der Waals surface area (Å²) < 4.78 is 0. The second-order valence-corrected chi connectivity index (χ2v) is 5.52. The van der Waals surface area contributed by atoms with E-state index in [9.17, 15) is 0 Å². The van der Waals surface area contributed by atoms with Gasteiger partial charge in [0.15, 0.2) is 0 Å². The number of hydrogen-bond donors (Lipinski definition) is 1. The van der Waals surface area contributed by atoms with Crippen LogP contribution in [0.5, 0.6) is 0 Å². The first-order valence-corrected chi connectivity index (χ1v) is 7.72. The van der Waals surface area contributed by atoms with Gasteiger partial charge < -0.3 is 5.32 Å². The maximum Gasteiger partial charge on any atom is 0.0183 e. The van der Waals surface area contributed by atoms with Gasteiger partial charge in [-0.15, -0.1) is 0 Å². The maximum atomic E-state index is 3.68. The Labute approximate surface area is 101 Å². The molecule has 0 spiro atoms. The zero-order valence-electron chi connectivity index (χ0n) is 11.0. The minimum atomic E-state index is 0.719. The van der Waals surface area contributed by atoms with E-state index in [1.165, 1.54) is 43.7 Å². The highest BCUT2D eigenvalue weighted by Crippen LogP contribution is 2.14. The van der Waals surface area contributed by atoms with E-state index in [0.29, 0.717) is 0 Å². The quantitative estimate of drug-likeness (QED) is 0.572. The number of nitrogens with one attached hydrogen (secondary N) is 1. The summed E-state index contributed by atoms with van der Waals surface area (Å²) in [5.41, 5.74) is 0. The lowest BCUT2D eigenvalue weighted by Gasteiger charge is -2.24. The van der Waals surface area contributed by atoms with Crippen molar-refractivity contribution in [1.29, 1.82) is 0 Å². The van der Waals surface area contributed by atoms with Gasteiger partial charge in [-0.3, -0.25) is 0 Å². The molecule has 2 unspecified atom stereocenters. The van der Waals surface area contributed by atoms with Gasteiger partial charge >= 0.3 is 0 Å². The van der Waals surface area contributed by atoms with Crippen molar-refractivity contribution in [3.63, 3.8) is 0 Å². The van der Waals surface area contributed by atoms with Crippen LogP contribution in [-0.2, 0) is 0 Å². The van der Waals surface area contributed by atoms with Crippen LogP contribution < -0.4 is 5.32 Å². The highest BCUT2D eigenvalue weighted by Gasteiger charge is 2.14. The van der Waals surface area contributed by atoms with E-state index in [2.05, 4.69) is 44.8 Å². The summed E-state index contributed by atoms with van der Waals surface area (Å²) in [5.74, 6) is 3.43. The Bertz CT molecular complexity index is 128. The third-order valence-electron chi connectivity index (χ3n) is 2.93. The first-order chi connectivity index (χ1) is 7.26. The van der Waals surface area contributed by atoms with Gasteiger partial charge in [0, 0.05) is 11.8 Å². The van der Waals surface area contributed by atoms with Crippen LogP contribution in [0.3, 0.4) is 0 Å². The molecule has 1 N–H and O–H groups in total. The fourth-order valence-corrected chi connectivity index (χ4v) is 2.86. The molecule has 0 aliphatic heterocycles. The van der Waals surface area contributed by atoms with Crippen LogP contribution in [0.4, 0.5) is 0 Å². The SMILES string of the molecule is CCCCSCC(NCCC)C(C)CC. The van der Waals surface area contributed by atoms with Crippen molar-refractivity contribution < 1.29 is 0 Å². The summed E-state index contributed by atoms with van der Waals surface area (Å²) in [7, 11) is 0. The maximum absolute atomic E-state index is 3.68. The summed E-state index contributed by atoms with van der Waals surface area (Å²) in [4.78, 5) is 0. The molecule has 92 valence electrons. The van der Waals surface area contributed by atoms with Gasteiger partial charge in [0.25, 0.3) is 0 Å². The average Bonchev–Trinajstić information content (AvgIpc) is 2.27. The zero-order valence-corrected chi connectivity index (χ0v) is 11.8. The van der Waals surface area contributed by atoms with Gasteiger partial charge in [0.1, 0.15) is 0 Å². The van der Waals surface area contributed by atoms with E-state index < -0.39 is 0 Å². The summed E-state index contributed by atoms with van der Waals surface area (Å²) in [6, 6.07) is 0.719. The fourth-order valence-electron chi connectivity index (χ4n) is 1.50. The Hall–Kier alpha value is 0.310. The minimum absolute atomic E-state index is 0.719. The van der Waals surface area contributed by atoms with E-state index in [4.69, 9.17) is 0 Å². The Balaban J connectivity index is 3.69. The molecular formula is C13H29NS. The van der Waals surface area contributed by atoms with E-state index in [-0.39, 0.29) is 0 Å². The van der Waals surface area contributed by atoms with Crippen LogP contribution >= 0.6 is 11.8 Å². The molecule has 0 saturated carbocycles. The molecule has 0 heterocycles. The molecule has 2 heteroatoms. The standard InChI is InChI=1S/C13H29NS/c1-5-8-10-15-11-13(12(4)7-3)14-9-6-2/h12-14H,5-11H2,1-4H3. The first-order valence-electron chi connectivity index (χ1n) is 6.57. The predicted octanol–water partition coefficient (Wildman–Crippen LogP) is 3.93. The van der Waals surface area contributed by atoms with E-state index in [0.717, 1.165) is 12.0 Å². The highest BCUT2D eigenvalue weighted by atomic mass is 32.2. The number of hydrogen-bond acceptors (Lipinski definition) is 2. The Morgan fingerprint density at radius 2 is 1.87 bits per heavy atom. The normalized spacial score (nSPS) is 15.2. The number of rotatable bonds is 10. The van der Waals surface area contributed by atoms with Crippen molar-refractivity contribution in [3.8, 4) is 0 Å². The average molecular weight is 231 g/mol. The molecule has 15 heavy (non-hydrogen) atoms. The molecule has 0 amide bonds. The largest absolute Gasteiger partial charge is 0.313 e. The molecule has 2 atom stereocenters. The highest BCUT2D eigenvalue weighted by molar-refractivity contribution is 7.99. The molecule has 0 aliphatic rings. The van der Waals surface area contributed by atoms with Crippen LogP contribution in [0.25, 0.3) is 0 Å². The topological polar surface area (TPSA) is 12.0 Å². The summed E-state index contributed by atoms with van der Waals surface area (Å²) in [6.45, 7) is 10.3. The summed E-state index contributed by atoms with van der Waals surface area (Å²) in [5, 5.41) is 3.68. The van der Waals surface area contributed by atoms with Crippen LogP contribution in [0.15, 0.2) is 0 Å². The zero-order chi connectivity index (χ0) is 11.5. The molecular weight excluding hydrogens is 202 g/mol. The molecule has 0 aliphatic carbocycles. The molecule has 0 saturated heterocycles. The van der Waals surface area contributed by atoms with Crippen molar-refractivity contribution in [2.24, 2.45) is 5.92 Å². The van der Waals surface area contributed by atoms with Gasteiger partial charge in [0.05, 0.1) is 0 Å². The predicted molar refractivity (Wildman–Crippen MR) is 73.8 cm³/mol. The molecule has 0 aromatic carbocycles. The third kappa shape index (κ3) is 8.15. The van der Waals surface area contributed by atoms with Crippen molar-refractivity contribution in [3.05, 3.63) is 0 Å². The van der Waals surface area contributed by atoms with Crippen LogP contribution in [-0.4, -0.2) is 24.1 Å². The van der Waals surface area contributed by atoms with E-state index in [1.807, 2.05) is 0 Å². The van der Waals surface area contributed by atoms with Crippen molar-refractivity contribution >= 4 is 11.8 Å². The molecule has 1 nitrogen and oxygen atoms in total. The van der Waals surface area contributed by atoms with Gasteiger partial charge in [-0.25, -0.2) is 0 Å². The lowest BCUT2D eigenvalue weighted by atomic mass is 10.0. The van der Waals surface area contributed by atoms with Crippen LogP contribution in [0, 0.1) is 5.92 Å². The van der Waals surface area contributed by atoms with E-state index >= 15 is 0 Å². The van der Waals surface area contributed by atoms with Crippen molar-refractivity contribution in [2.45, 2.75) is 59.4 Å². The van der Waals surface area contributed by atoms with Crippen molar-refractivity contribution in [2.75, 3.05) is 18.1 Å². The summed E-state index contributed by atoms with van der Waals surface area (Å²) >= 11 is 2.12. The first kappa shape index (κ1) is 15.3. The van der Waals surface area contributed by atoms with Crippen LogP contribution in [0.1, 0.15) is 53.4 Å². The second-order valence-electron chi connectivity index (χ2n) is 4.37. The monoisotopic (exact) mass is 231 g/mol. The number of unbranched alkanes of at least 4 members (excludes halogenated alkanes) is 1. The van der Waals surface area contributed by atoms with Crippen molar-refractivity contribution in [1.82, 2.24) is 5.32 Å². The van der Waals surface area contributed by atoms with Gasteiger partial charge in [-0.2, -0.15) is 11.8 Å². The molecule has 0 fully saturated rings. The Kier molecular flexibility index (Phi) is 11.0. The second kappa shape index (κ2) is 10.8. The molecule has 0 bridgehead atoms. The lowest BCUT2D eigenvalue weighted by Crippen LogP contribution is -2.37. The minimum Gasteiger partial charge on any atom is -0.313 e. The van der Waals surface area contributed by atoms with Gasteiger partial charge in [-0.1, -0.05) is 40.5 Å². The van der Waals surface area contributed by atoms with E-state index in [1.54, 1.807) is 0 Å². The molecule has 0 aromatic rings. The molecule has 0 rings (SSSR count). The molecule has 0 aromatic heterocycles. The fraction of sp³-hybridized carbons (Fsp3) is 1.00. The Morgan fingerprint density at radius 3 is 2.40 bits per heavy atom. The molecule has 0 radical (unpaired) electrons. The van der Waals surface area contributed by atoms with Crippen LogP contribution in [0.2, 0.25) is 0 Å². The smallest absolute Gasteiger partial charge is 0.0183 e. The Morgan fingerprint density at radius 1 is 1.13 bits per heavy atom. The lowest BCUT2D eigenvalue weighted by molar-refractivity contribution is 0.397. The third-order valence-corrected chi connectivity index (χ3v) is 4.10. The van der Waals surface area contributed by atoms with Gasteiger partial charge in [-0.05, 0) is 31.1 Å². The number of thioether (sulfide) groups is 1. The summed E-state index contributed by atoms with van der Waals surface area (Å²) in [6.07, 6.45) is 5.22. The van der Waals surface area contributed by atoms with Gasteiger partial charge in [0.2, 0.25) is 0 Å².